The van der Waals surface area contributed by atoms with E-state index in [0.717, 1.165) is 43.2 Å². The van der Waals surface area contributed by atoms with Gasteiger partial charge >= 0.3 is 6.18 Å². The van der Waals surface area contributed by atoms with Crippen molar-refractivity contribution in [1.82, 2.24) is 25.4 Å². The zero-order chi connectivity index (χ0) is 18.6. The fourth-order valence-corrected chi connectivity index (χ4v) is 2.86. The largest absolute Gasteiger partial charge is 0.416 e. The average Bonchev–Trinajstić information content (AvgIpc) is 3.21. The van der Waals surface area contributed by atoms with E-state index in [2.05, 4.69) is 30.4 Å². The van der Waals surface area contributed by atoms with Crippen molar-refractivity contribution in [1.29, 1.82) is 0 Å². The summed E-state index contributed by atoms with van der Waals surface area (Å²) in [4.78, 5) is 4.37. The second kappa shape index (κ2) is 7.76. The lowest BCUT2D eigenvalue weighted by Gasteiger charge is -2.12. The van der Waals surface area contributed by atoms with Crippen LogP contribution in [0, 0.1) is 0 Å². The van der Waals surface area contributed by atoms with Gasteiger partial charge in [0.25, 0.3) is 0 Å². The van der Waals surface area contributed by atoms with Crippen molar-refractivity contribution >= 4 is 5.96 Å². The predicted molar refractivity (Wildman–Crippen MR) is 91.4 cm³/mol. The van der Waals surface area contributed by atoms with Gasteiger partial charge in [0.15, 0.2) is 11.8 Å². The molecule has 0 bridgehead atoms. The van der Waals surface area contributed by atoms with E-state index < -0.39 is 11.7 Å². The van der Waals surface area contributed by atoms with Gasteiger partial charge in [-0.25, -0.2) is 4.99 Å². The molecule has 0 spiro atoms. The highest BCUT2D eigenvalue weighted by atomic mass is 19.4. The van der Waals surface area contributed by atoms with Crippen molar-refractivity contribution in [2.75, 3.05) is 6.54 Å². The number of aliphatic imine (C=N–C) groups is 1. The van der Waals surface area contributed by atoms with Crippen molar-refractivity contribution in [3.8, 4) is 0 Å². The van der Waals surface area contributed by atoms with E-state index in [-0.39, 0.29) is 6.54 Å². The third-order valence-electron chi connectivity index (χ3n) is 4.12. The molecular formula is C17H21F3N6. The van der Waals surface area contributed by atoms with Crippen LogP contribution in [0.3, 0.4) is 0 Å². The number of halogens is 3. The summed E-state index contributed by atoms with van der Waals surface area (Å²) < 4.78 is 40.5. The summed E-state index contributed by atoms with van der Waals surface area (Å²) in [7, 11) is 0. The average molecular weight is 366 g/mol. The SMILES string of the molecule is CCNC(=NCc1cccc(C(F)(F)F)c1)NCc1nnc2n1CCC2. The maximum absolute atomic E-state index is 12.8. The van der Waals surface area contributed by atoms with Crippen molar-refractivity contribution < 1.29 is 13.2 Å². The van der Waals surface area contributed by atoms with Gasteiger partial charge in [0.2, 0.25) is 0 Å². The van der Waals surface area contributed by atoms with Crippen molar-refractivity contribution in [3.05, 3.63) is 47.0 Å². The number of fused-ring (bicyclic) bond motifs is 1. The van der Waals surface area contributed by atoms with Crippen LogP contribution in [0.5, 0.6) is 0 Å². The number of nitrogens with zero attached hydrogens (tertiary/aromatic N) is 4. The molecule has 3 rings (SSSR count). The van der Waals surface area contributed by atoms with Crippen LogP contribution >= 0.6 is 0 Å². The maximum atomic E-state index is 12.8. The number of aryl methyl sites for hydroxylation is 1. The molecule has 1 aliphatic rings. The number of rotatable bonds is 5. The van der Waals surface area contributed by atoms with Crippen molar-refractivity contribution in [2.45, 2.75) is 45.6 Å². The van der Waals surface area contributed by atoms with Gasteiger partial charge in [-0.05, 0) is 31.0 Å². The molecule has 1 aliphatic heterocycles. The summed E-state index contributed by atoms with van der Waals surface area (Å²) in [5.41, 5.74) is -0.164. The predicted octanol–water partition coefficient (Wildman–Crippen LogP) is 2.50. The zero-order valence-corrected chi connectivity index (χ0v) is 14.5. The highest BCUT2D eigenvalue weighted by molar-refractivity contribution is 5.79. The van der Waals surface area contributed by atoms with Gasteiger partial charge < -0.3 is 15.2 Å². The van der Waals surface area contributed by atoms with Crippen molar-refractivity contribution in [3.63, 3.8) is 0 Å². The van der Waals surface area contributed by atoms with Crippen LogP contribution in [0.1, 0.15) is 36.1 Å². The Morgan fingerprint density at radius 3 is 2.88 bits per heavy atom. The van der Waals surface area contributed by atoms with Gasteiger partial charge in [0.05, 0.1) is 18.7 Å². The van der Waals surface area contributed by atoms with E-state index in [9.17, 15) is 13.2 Å². The van der Waals surface area contributed by atoms with Crippen LogP contribution < -0.4 is 10.6 Å². The van der Waals surface area contributed by atoms with Crippen LogP contribution in [-0.2, 0) is 32.2 Å². The van der Waals surface area contributed by atoms with Gasteiger partial charge in [-0.15, -0.1) is 10.2 Å². The Morgan fingerprint density at radius 1 is 1.27 bits per heavy atom. The van der Waals surface area contributed by atoms with Crippen LogP contribution in [0.15, 0.2) is 29.3 Å². The molecule has 0 fully saturated rings. The summed E-state index contributed by atoms with van der Waals surface area (Å²) in [6.45, 7) is 4.10. The summed E-state index contributed by atoms with van der Waals surface area (Å²) in [5, 5.41) is 14.6. The summed E-state index contributed by atoms with van der Waals surface area (Å²) in [6, 6.07) is 5.21. The normalized spacial score (nSPS) is 14.4. The molecule has 9 heteroatoms. The highest BCUT2D eigenvalue weighted by Crippen LogP contribution is 2.29. The third-order valence-corrected chi connectivity index (χ3v) is 4.12. The minimum atomic E-state index is -4.35. The molecule has 2 heterocycles. The topological polar surface area (TPSA) is 67.1 Å². The lowest BCUT2D eigenvalue weighted by Crippen LogP contribution is -2.37. The Kier molecular flexibility index (Phi) is 5.43. The first kappa shape index (κ1) is 18.2. The monoisotopic (exact) mass is 366 g/mol. The molecule has 26 heavy (non-hydrogen) atoms. The smallest absolute Gasteiger partial charge is 0.357 e. The number of nitrogens with one attached hydrogen (secondary N) is 2. The quantitative estimate of drug-likeness (QED) is 0.630. The first-order valence-electron chi connectivity index (χ1n) is 8.56. The van der Waals surface area contributed by atoms with Gasteiger partial charge in [-0.2, -0.15) is 13.2 Å². The number of hydrogen-bond donors (Lipinski definition) is 2. The van der Waals surface area contributed by atoms with Gasteiger partial charge in [-0.1, -0.05) is 12.1 Å². The maximum Gasteiger partial charge on any atom is 0.416 e. The molecule has 0 saturated heterocycles. The molecule has 0 aliphatic carbocycles. The lowest BCUT2D eigenvalue weighted by atomic mass is 10.1. The Balaban J connectivity index is 1.65. The molecule has 140 valence electrons. The first-order valence-corrected chi connectivity index (χ1v) is 8.56. The van der Waals surface area contributed by atoms with Crippen LogP contribution in [-0.4, -0.2) is 27.3 Å². The summed E-state index contributed by atoms with van der Waals surface area (Å²) >= 11 is 0. The first-order chi connectivity index (χ1) is 12.5. The minimum absolute atomic E-state index is 0.150. The molecule has 1 aromatic carbocycles. The molecule has 0 atom stereocenters. The minimum Gasteiger partial charge on any atom is -0.357 e. The second-order valence-corrected chi connectivity index (χ2v) is 6.03. The second-order valence-electron chi connectivity index (χ2n) is 6.03. The zero-order valence-electron chi connectivity index (χ0n) is 14.5. The van der Waals surface area contributed by atoms with Crippen LogP contribution in [0.25, 0.3) is 0 Å². The number of guanidine groups is 1. The molecule has 6 nitrogen and oxygen atoms in total. The third kappa shape index (κ3) is 4.33. The Bertz CT molecular complexity index is 781. The molecule has 0 unspecified atom stereocenters. The number of benzene rings is 1. The molecule has 2 N–H and O–H groups in total. The van der Waals surface area contributed by atoms with E-state index in [0.29, 0.717) is 24.6 Å². The van der Waals surface area contributed by atoms with Gasteiger partial charge in [0, 0.05) is 19.5 Å². The Labute approximate surface area is 149 Å². The summed E-state index contributed by atoms with van der Waals surface area (Å²) in [5.74, 6) is 2.36. The molecule has 2 aromatic rings. The summed E-state index contributed by atoms with van der Waals surface area (Å²) in [6.07, 6.45) is -2.34. The highest BCUT2D eigenvalue weighted by Gasteiger charge is 2.30. The lowest BCUT2D eigenvalue weighted by molar-refractivity contribution is -0.137. The molecule has 0 saturated carbocycles. The fraction of sp³-hybridized carbons (Fsp3) is 0.471. The number of hydrogen-bond acceptors (Lipinski definition) is 3. The van der Waals surface area contributed by atoms with Gasteiger partial charge in [-0.3, -0.25) is 0 Å². The number of aromatic nitrogens is 3. The van der Waals surface area contributed by atoms with E-state index in [1.807, 2.05) is 6.92 Å². The van der Waals surface area contributed by atoms with Crippen molar-refractivity contribution in [2.24, 2.45) is 4.99 Å². The van der Waals surface area contributed by atoms with E-state index >= 15 is 0 Å². The fourth-order valence-electron chi connectivity index (χ4n) is 2.86. The van der Waals surface area contributed by atoms with Crippen LogP contribution in [0.2, 0.25) is 0 Å². The van der Waals surface area contributed by atoms with Gasteiger partial charge in [0.1, 0.15) is 5.82 Å². The Morgan fingerprint density at radius 2 is 2.12 bits per heavy atom. The van der Waals surface area contributed by atoms with Crippen LogP contribution in [0.4, 0.5) is 13.2 Å². The molecule has 0 radical (unpaired) electrons. The van der Waals surface area contributed by atoms with E-state index in [1.54, 1.807) is 6.07 Å². The van der Waals surface area contributed by atoms with E-state index in [4.69, 9.17) is 0 Å². The molecular weight excluding hydrogens is 345 g/mol. The number of alkyl halides is 3. The Hall–Kier alpha value is -2.58. The molecule has 0 amide bonds. The van der Waals surface area contributed by atoms with E-state index in [1.165, 1.54) is 6.07 Å². The molecule has 1 aromatic heterocycles. The standard InChI is InChI=1S/C17H21F3N6/c1-2-21-16(23-11-15-25-24-14-7-4-8-26(14)15)22-10-12-5-3-6-13(9-12)17(18,19)20/h3,5-6,9H,2,4,7-8,10-11H2,1H3,(H2,21,22,23).